The van der Waals surface area contributed by atoms with Crippen molar-refractivity contribution >= 4 is 23.3 Å². The normalized spacial score (nSPS) is 14.2. The first-order chi connectivity index (χ1) is 11.6. The molecule has 3 rings (SSSR count). The molecule has 2 aromatic carbocycles. The Kier molecular flexibility index (Phi) is 4.46. The number of urea groups is 1. The molecule has 2 aromatic rings. The minimum absolute atomic E-state index is 0.0326. The summed E-state index contributed by atoms with van der Waals surface area (Å²) in [6.07, 6.45) is 0. The molecule has 1 fully saturated rings. The largest absolute Gasteiger partial charge is 0.325 e. The average molecular weight is 327 g/mol. The van der Waals surface area contributed by atoms with Crippen molar-refractivity contribution in [3.8, 4) is 0 Å². The van der Waals surface area contributed by atoms with E-state index in [-0.39, 0.29) is 24.2 Å². The first-order valence-corrected chi connectivity index (χ1v) is 7.70. The lowest BCUT2D eigenvalue weighted by Gasteiger charge is -2.22. The predicted octanol–water partition coefficient (Wildman–Crippen LogP) is 2.73. The van der Waals surface area contributed by atoms with Gasteiger partial charge in [0.1, 0.15) is 12.4 Å². The van der Waals surface area contributed by atoms with E-state index in [2.05, 4.69) is 0 Å². The van der Waals surface area contributed by atoms with Crippen molar-refractivity contribution < 1.29 is 14.0 Å². The smallest absolute Gasteiger partial charge is 0.314 e. The van der Waals surface area contributed by atoms with Crippen LogP contribution in [0.1, 0.15) is 0 Å². The number of hydrogen-bond acceptors (Lipinski definition) is 2. The fourth-order valence-corrected chi connectivity index (χ4v) is 2.69. The van der Waals surface area contributed by atoms with Gasteiger partial charge in [0.25, 0.3) is 0 Å². The molecule has 24 heavy (non-hydrogen) atoms. The summed E-state index contributed by atoms with van der Waals surface area (Å²) in [5, 5.41) is 0. The topological polar surface area (TPSA) is 43.9 Å². The van der Waals surface area contributed by atoms with Gasteiger partial charge < -0.3 is 9.80 Å². The molecule has 0 aromatic heterocycles. The number of benzene rings is 2. The van der Waals surface area contributed by atoms with Gasteiger partial charge in [-0.05, 0) is 24.3 Å². The van der Waals surface area contributed by atoms with Crippen molar-refractivity contribution in [2.24, 2.45) is 0 Å². The summed E-state index contributed by atoms with van der Waals surface area (Å²) < 4.78 is 13.9. The van der Waals surface area contributed by atoms with Crippen LogP contribution in [0.15, 0.2) is 54.6 Å². The number of nitrogens with zero attached hydrogens (tertiary/aromatic N) is 3. The molecule has 5 nitrogen and oxygen atoms in total. The Morgan fingerprint density at radius 1 is 1.08 bits per heavy atom. The summed E-state index contributed by atoms with van der Waals surface area (Å²) in [5.41, 5.74) is 1.01. The summed E-state index contributed by atoms with van der Waals surface area (Å²) in [5.74, 6) is -0.634. The number of halogens is 1. The first kappa shape index (κ1) is 16.0. The van der Waals surface area contributed by atoms with Crippen LogP contribution in [0.3, 0.4) is 0 Å². The van der Waals surface area contributed by atoms with Gasteiger partial charge in [0.05, 0.1) is 5.69 Å². The maximum Gasteiger partial charge on any atom is 0.325 e. The van der Waals surface area contributed by atoms with Crippen LogP contribution in [-0.2, 0) is 4.79 Å². The Morgan fingerprint density at radius 3 is 2.46 bits per heavy atom. The SMILES string of the molecule is CN(C(=O)CN1CCN(c2ccccc2F)C1=O)c1ccccc1. The molecule has 0 aliphatic carbocycles. The minimum atomic E-state index is -0.444. The van der Waals surface area contributed by atoms with Crippen LogP contribution in [0, 0.1) is 5.82 Å². The number of para-hydroxylation sites is 2. The van der Waals surface area contributed by atoms with Gasteiger partial charge in [0.15, 0.2) is 0 Å². The highest BCUT2D eigenvalue weighted by Crippen LogP contribution is 2.23. The van der Waals surface area contributed by atoms with Gasteiger partial charge in [-0.25, -0.2) is 9.18 Å². The van der Waals surface area contributed by atoms with Crippen molar-refractivity contribution in [2.45, 2.75) is 0 Å². The zero-order chi connectivity index (χ0) is 17.1. The molecular formula is C18H18FN3O2. The van der Waals surface area contributed by atoms with Gasteiger partial charge in [-0.1, -0.05) is 30.3 Å². The number of amides is 3. The van der Waals surface area contributed by atoms with Gasteiger partial charge >= 0.3 is 6.03 Å². The molecule has 0 radical (unpaired) electrons. The number of anilines is 2. The maximum absolute atomic E-state index is 13.9. The summed E-state index contributed by atoms with van der Waals surface area (Å²) in [6, 6.07) is 15.0. The number of hydrogen-bond donors (Lipinski definition) is 0. The zero-order valence-corrected chi connectivity index (χ0v) is 13.4. The molecule has 6 heteroatoms. The number of carbonyl (C=O) groups excluding carboxylic acids is 2. The molecule has 124 valence electrons. The Balaban J connectivity index is 1.68. The van der Waals surface area contributed by atoms with Crippen molar-refractivity contribution in [1.82, 2.24) is 4.90 Å². The lowest BCUT2D eigenvalue weighted by Crippen LogP contribution is -2.41. The zero-order valence-electron chi connectivity index (χ0n) is 13.4. The molecule has 1 aliphatic heterocycles. The van der Waals surface area contributed by atoms with Crippen LogP contribution >= 0.6 is 0 Å². The Labute approximate surface area is 139 Å². The molecule has 3 amide bonds. The van der Waals surface area contributed by atoms with E-state index in [4.69, 9.17) is 0 Å². The molecule has 0 atom stereocenters. The second-order valence-electron chi connectivity index (χ2n) is 5.60. The van der Waals surface area contributed by atoms with Gasteiger partial charge in [-0.2, -0.15) is 0 Å². The standard InChI is InChI=1S/C18H18FN3O2/c1-20(14-7-3-2-4-8-14)17(23)13-21-11-12-22(18(21)24)16-10-6-5-9-15(16)19/h2-10H,11-13H2,1H3. The van der Waals surface area contributed by atoms with E-state index in [1.165, 1.54) is 20.8 Å². The fourth-order valence-electron chi connectivity index (χ4n) is 2.69. The van der Waals surface area contributed by atoms with E-state index in [0.29, 0.717) is 13.1 Å². The number of rotatable bonds is 4. The van der Waals surface area contributed by atoms with Crippen LogP contribution in [0.4, 0.5) is 20.6 Å². The van der Waals surface area contributed by atoms with Gasteiger partial charge in [0.2, 0.25) is 5.91 Å². The molecular weight excluding hydrogens is 309 g/mol. The van der Waals surface area contributed by atoms with Crippen molar-refractivity contribution in [1.29, 1.82) is 0 Å². The number of carbonyl (C=O) groups is 2. The fraction of sp³-hybridized carbons (Fsp3) is 0.222. The van der Waals surface area contributed by atoms with Crippen molar-refractivity contribution in [3.05, 3.63) is 60.4 Å². The van der Waals surface area contributed by atoms with E-state index in [9.17, 15) is 14.0 Å². The highest BCUT2D eigenvalue weighted by molar-refractivity contribution is 6.00. The summed E-state index contributed by atoms with van der Waals surface area (Å²) >= 11 is 0. The van der Waals surface area contributed by atoms with E-state index < -0.39 is 5.82 Å². The van der Waals surface area contributed by atoms with Crippen molar-refractivity contribution in [2.75, 3.05) is 36.5 Å². The molecule has 0 spiro atoms. The first-order valence-electron chi connectivity index (χ1n) is 7.70. The average Bonchev–Trinajstić information content (AvgIpc) is 2.96. The number of likely N-dealkylation sites (N-methyl/N-ethyl adjacent to an activating group) is 1. The second-order valence-corrected chi connectivity index (χ2v) is 5.60. The quantitative estimate of drug-likeness (QED) is 0.867. The van der Waals surface area contributed by atoms with Gasteiger partial charge in [0, 0.05) is 25.8 Å². The van der Waals surface area contributed by atoms with Crippen molar-refractivity contribution in [3.63, 3.8) is 0 Å². The third-order valence-electron chi connectivity index (χ3n) is 4.08. The molecule has 0 unspecified atom stereocenters. The van der Waals surface area contributed by atoms with E-state index in [1.807, 2.05) is 30.3 Å². The molecule has 0 bridgehead atoms. The third kappa shape index (κ3) is 3.08. The van der Waals surface area contributed by atoms with Crippen LogP contribution < -0.4 is 9.80 Å². The maximum atomic E-state index is 13.9. The molecule has 0 saturated carbocycles. The van der Waals surface area contributed by atoms with E-state index >= 15 is 0 Å². The monoisotopic (exact) mass is 327 g/mol. The van der Waals surface area contributed by atoms with Crippen LogP contribution in [0.2, 0.25) is 0 Å². The summed E-state index contributed by atoms with van der Waals surface area (Å²) in [6.45, 7) is 0.721. The predicted molar refractivity (Wildman–Crippen MR) is 90.6 cm³/mol. The Bertz CT molecular complexity index is 751. The van der Waals surface area contributed by atoms with Crippen LogP contribution in [0.5, 0.6) is 0 Å². The lowest BCUT2D eigenvalue weighted by molar-refractivity contribution is -0.118. The molecule has 0 N–H and O–H groups in total. The van der Waals surface area contributed by atoms with Crippen LogP contribution in [-0.4, -0.2) is 43.5 Å². The molecule has 1 heterocycles. The Morgan fingerprint density at radius 2 is 1.75 bits per heavy atom. The highest BCUT2D eigenvalue weighted by atomic mass is 19.1. The van der Waals surface area contributed by atoms with E-state index in [1.54, 1.807) is 25.2 Å². The van der Waals surface area contributed by atoms with Crippen LogP contribution in [0.25, 0.3) is 0 Å². The Hall–Kier alpha value is -2.89. The summed E-state index contributed by atoms with van der Waals surface area (Å²) in [4.78, 5) is 29.2. The van der Waals surface area contributed by atoms with Gasteiger partial charge in [-0.15, -0.1) is 0 Å². The molecule has 1 saturated heterocycles. The van der Waals surface area contributed by atoms with E-state index in [0.717, 1.165) is 5.69 Å². The third-order valence-corrected chi connectivity index (χ3v) is 4.08. The minimum Gasteiger partial charge on any atom is -0.314 e. The lowest BCUT2D eigenvalue weighted by atomic mass is 10.3. The summed E-state index contributed by atoms with van der Waals surface area (Å²) in [7, 11) is 1.67. The highest BCUT2D eigenvalue weighted by Gasteiger charge is 2.32. The van der Waals surface area contributed by atoms with Gasteiger partial charge in [-0.3, -0.25) is 9.69 Å². The second kappa shape index (κ2) is 6.70. The molecule has 1 aliphatic rings.